The van der Waals surface area contributed by atoms with Crippen LogP contribution in [0.4, 0.5) is 5.69 Å². The van der Waals surface area contributed by atoms with E-state index < -0.39 is 0 Å². The molecule has 2 amide bonds. The van der Waals surface area contributed by atoms with E-state index in [2.05, 4.69) is 45.1 Å². The summed E-state index contributed by atoms with van der Waals surface area (Å²) in [7, 11) is 0. The number of para-hydroxylation sites is 1. The maximum Gasteiger partial charge on any atom is 0.233 e. The molecular weight excluding hydrogens is 288 g/mol. The first kappa shape index (κ1) is 17.5. The molecule has 0 aromatic heterocycles. The summed E-state index contributed by atoms with van der Waals surface area (Å²) in [6, 6.07) is 6.14. The number of hydrogen-bond acceptors (Lipinski definition) is 2. The Morgan fingerprint density at radius 1 is 1.04 bits per heavy atom. The molecule has 1 aliphatic rings. The molecule has 1 N–H and O–H groups in total. The quantitative estimate of drug-likeness (QED) is 0.838. The SMILES string of the molecule is CC(C)c1cccc(C(C)C)c1NC(=O)CC(=O)N1CCCC1. The number of carbonyl (C=O) groups excluding carboxylic acids is 2. The summed E-state index contributed by atoms with van der Waals surface area (Å²) in [6.45, 7) is 10.0. The Morgan fingerprint density at radius 3 is 2.04 bits per heavy atom. The van der Waals surface area contributed by atoms with Crippen molar-refractivity contribution in [3.05, 3.63) is 29.3 Å². The van der Waals surface area contributed by atoms with Gasteiger partial charge in [0.05, 0.1) is 0 Å². The van der Waals surface area contributed by atoms with Crippen molar-refractivity contribution < 1.29 is 9.59 Å². The van der Waals surface area contributed by atoms with Gasteiger partial charge in [-0.25, -0.2) is 0 Å². The van der Waals surface area contributed by atoms with Gasteiger partial charge in [0.15, 0.2) is 0 Å². The van der Waals surface area contributed by atoms with Crippen molar-refractivity contribution in [2.45, 2.75) is 58.8 Å². The molecule has 0 aliphatic carbocycles. The molecule has 4 heteroatoms. The Kier molecular flexibility index (Phi) is 5.80. The highest BCUT2D eigenvalue weighted by molar-refractivity contribution is 6.04. The van der Waals surface area contributed by atoms with Crippen LogP contribution >= 0.6 is 0 Å². The van der Waals surface area contributed by atoms with Crippen LogP contribution in [0.2, 0.25) is 0 Å². The van der Waals surface area contributed by atoms with E-state index in [9.17, 15) is 9.59 Å². The fourth-order valence-corrected chi connectivity index (χ4v) is 3.09. The van der Waals surface area contributed by atoms with Crippen LogP contribution in [-0.4, -0.2) is 29.8 Å². The van der Waals surface area contributed by atoms with Gasteiger partial charge in [0.2, 0.25) is 11.8 Å². The molecule has 1 heterocycles. The summed E-state index contributed by atoms with van der Waals surface area (Å²) >= 11 is 0. The molecule has 0 spiro atoms. The van der Waals surface area contributed by atoms with Crippen molar-refractivity contribution in [3.63, 3.8) is 0 Å². The van der Waals surface area contributed by atoms with Crippen molar-refractivity contribution >= 4 is 17.5 Å². The topological polar surface area (TPSA) is 49.4 Å². The van der Waals surface area contributed by atoms with Gasteiger partial charge in [-0.15, -0.1) is 0 Å². The molecule has 1 aliphatic heterocycles. The van der Waals surface area contributed by atoms with Gasteiger partial charge in [0, 0.05) is 18.8 Å². The van der Waals surface area contributed by atoms with Crippen molar-refractivity contribution in [2.75, 3.05) is 18.4 Å². The van der Waals surface area contributed by atoms with Gasteiger partial charge >= 0.3 is 0 Å². The second kappa shape index (κ2) is 7.62. The largest absolute Gasteiger partial charge is 0.342 e. The van der Waals surface area contributed by atoms with Crippen LogP contribution in [-0.2, 0) is 9.59 Å². The second-order valence-electron chi connectivity index (χ2n) is 6.93. The summed E-state index contributed by atoms with van der Waals surface area (Å²) in [4.78, 5) is 26.3. The molecule has 4 nitrogen and oxygen atoms in total. The molecule has 1 aromatic carbocycles. The number of carbonyl (C=O) groups is 2. The Labute approximate surface area is 139 Å². The van der Waals surface area contributed by atoms with E-state index in [-0.39, 0.29) is 18.2 Å². The molecule has 0 radical (unpaired) electrons. The number of anilines is 1. The summed E-state index contributed by atoms with van der Waals surface area (Å²) in [5.74, 6) is 0.363. The van der Waals surface area contributed by atoms with Crippen LogP contribution in [0.25, 0.3) is 0 Å². The Hall–Kier alpha value is -1.84. The number of rotatable bonds is 5. The Balaban J connectivity index is 2.14. The van der Waals surface area contributed by atoms with E-state index in [0.29, 0.717) is 11.8 Å². The van der Waals surface area contributed by atoms with E-state index in [4.69, 9.17) is 0 Å². The molecule has 0 saturated carbocycles. The maximum absolute atomic E-state index is 12.4. The zero-order chi connectivity index (χ0) is 17.0. The van der Waals surface area contributed by atoms with Crippen molar-refractivity contribution in [1.82, 2.24) is 4.90 Å². The lowest BCUT2D eigenvalue weighted by Gasteiger charge is -2.21. The molecule has 1 aromatic rings. The standard InChI is InChI=1S/C19H28N2O2/c1-13(2)15-8-7-9-16(14(3)4)19(15)20-17(22)12-18(23)21-10-5-6-11-21/h7-9,13-14H,5-6,10-12H2,1-4H3,(H,20,22). The number of nitrogens with zero attached hydrogens (tertiary/aromatic N) is 1. The normalized spacial score (nSPS) is 14.6. The van der Waals surface area contributed by atoms with Gasteiger partial charge in [-0.05, 0) is 35.8 Å². The van der Waals surface area contributed by atoms with E-state index in [1.54, 1.807) is 4.90 Å². The van der Waals surface area contributed by atoms with Gasteiger partial charge in [0.25, 0.3) is 0 Å². The molecular formula is C19H28N2O2. The predicted molar refractivity (Wildman–Crippen MR) is 93.7 cm³/mol. The number of amides is 2. The smallest absolute Gasteiger partial charge is 0.233 e. The minimum Gasteiger partial charge on any atom is -0.342 e. The molecule has 0 unspecified atom stereocenters. The molecule has 126 valence electrons. The number of benzene rings is 1. The van der Waals surface area contributed by atoms with Gasteiger partial charge in [-0.2, -0.15) is 0 Å². The predicted octanol–water partition coefficient (Wildman–Crippen LogP) is 3.88. The van der Waals surface area contributed by atoms with E-state index in [1.807, 2.05) is 6.07 Å². The first-order valence-corrected chi connectivity index (χ1v) is 8.60. The van der Waals surface area contributed by atoms with Crippen molar-refractivity contribution in [3.8, 4) is 0 Å². The summed E-state index contributed by atoms with van der Waals surface area (Å²) < 4.78 is 0. The molecule has 0 bridgehead atoms. The van der Waals surface area contributed by atoms with Gasteiger partial charge in [0.1, 0.15) is 6.42 Å². The third kappa shape index (κ3) is 4.34. The summed E-state index contributed by atoms with van der Waals surface area (Å²) in [6.07, 6.45) is 2.02. The van der Waals surface area contributed by atoms with Gasteiger partial charge in [-0.1, -0.05) is 45.9 Å². The number of likely N-dealkylation sites (tertiary alicyclic amines) is 1. The van der Waals surface area contributed by atoms with Gasteiger partial charge < -0.3 is 10.2 Å². The average Bonchev–Trinajstić information content (AvgIpc) is 3.01. The van der Waals surface area contributed by atoms with Crippen molar-refractivity contribution in [1.29, 1.82) is 0 Å². The molecule has 0 atom stereocenters. The number of nitrogens with one attached hydrogen (secondary N) is 1. The minimum absolute atomic E-state index is 0.0619. The van der Waals surface area contributed by atoms with E-state index in [1.165, 1.54) is 0 Å². The summed E-state index contributed by atoms with van der Waals surface area (Å²) in [5, 5.41) is 3.01. The maximum atomic E-state index is 12.4. The van der Waals surface area contributed by atoms with Crippen LogP contribution < -0.4 is 5.32 Å². The van der Waals surface area contributed by atoms with Crippen LogP contribution in [0.5, 0.6) is 0 Å². The third-order valence-electron chi connectivity index (χ3n) is 4.41. The first-order valence-electron chi connectivity index (χ1n) is 8.60. The minimum atomic E-state index is -0.211. The van der Waals surface area contributed by atoms with Crippen LogP contribution in [0, 0.1) is 0 Å². The van der Waals surface area contributed by atoms with Crippen LogP contribution in [0.15, 0.2) is 18.2 Å². The van der Waals surface area contributed by atoms with Crippen molar-refractivity contribution in [2.24, 2.45) is 0 Å². The second-order valence-corrected chi connectivity index (χ2v) is 6.93. The van der Waals surface area contributed by atoms with Gasteiger partial charge in [-0.3, -0.25) is 9.59 Å². The van der Waals surface area contributed by atoms with E-state index >= 15 is 0 Å². The zero-order valence-corrected chi connectivity index (χ0v) is 14.7. The molecule has 1 saturated heterocycles. The number of hydrogen-bond donors (Lipinski definition) is 1. The fraction of sp³-hybridized carbons (Fsp3) is 0.579. The Morgan fingerprint density at radius 2 is 1.57 bits per heavy atom. The summed E-state index contributed by atoms with van der Waals surface area (Å²) in [5.41, 5.74) is 3.13. The van der Waals surface area contributed by atoms with Crippen LogP contribution in [0.3, 0.4) is 0 Å². The monoisotopic (exact) mass is 316 g/mol. The third-order valence-corrected chi connectivity index (χ3v) is 4.41. The Bertz CT molecular complexity index is 546. The first-order chi connectivity index (χ1) is 10.9. The lowest BCUT2D eigenvalue weighted by molar-refractivity contribution is -0.133. The van der Waals surface area contributed by atoms with Crippen LogP contribution in [0.1, 0.15) is 69.9 Å². The lowest BCUT2D eigenvalue weighted by atomic mass is 9.92. The lowest BCUT2D eigenvalue weighted by Crippen LogP contribution is -2.31. The fourth-order valence-electron chi connectivity index (χ4n) is 3.09. The highest BCUT2D eigenvalue weighted by Crippen LogP contribution is 2.32. The molecule has 1 fully saturated rings. The molecule has 23 heavy (non-hydrogen) atoms. The molecule has 2 rings (SSSR count). The highest BCUT2D eigenvalue weighted by Gasteiger charge is 2.22. The highest BCUT2D eigenvalue weighted by atomic mass is 16.2. The zero-order valence-electron chi connectivity index (χ0n) is 14.7. The average molecular weight is 316 g/mol. The van der Waals surface area contributed by atoms with E-state index in [0.717, 1.165) is 42.7 Å².